The van der Waals surface area contributed by atoms with Gasteiger partial charge in [0.15, 0.2) is 0 Å². The number of aliphatic hydroxyl groups excluding tert-OH is 1. The van der Waals surface area contributed by atoms with Crippen molar-refractivity contribution >= 4 is 29.7 Å². The zero-order valence-electron chi connectivity index (χ0n) is 15.1. The van der Waals surface area contributed by atoms with E-state index in [9.17, 15) is 29.1 Å². The third kappa shape index (κ3) is 9.51. The van der Waals surface area contributed by atoms with Crippen LogP contribution in [0.1, 0.15) is 26.7 Å². The topological polar surface area (TPSA) is 208 Å². The maximum atomic E-state index is 12.3. The number of hydrogen-bond acceptors (Lipinski definition) is 7. The van der Waals surface area contributed by atoms with Gasteiger partial charge in [0.2, 0.25) is 17.7 Å². The van der Waals surface area contributed by atoms with Crippen LogP contribution >= 0.6 is 0 Å². The van der Waals surface area contributed by atoms with E-state index in [0.29, 0.717) is 0 Å². The molecule has 0 spiro atoms. The summed E-state index contributed by atoms with van der Waals surface area (Å²) in [7, 11) is 0. The molecule has 8 N–H and O–H groups in total. The Morgan fingerprint density at radius 2 is 1.41 bits per heavy atom. The Morgan fingerprint density at radius 1 is 0.889 bits per heavy atom. The van der Waals surface area contributed by atoms with Gasteiger partial charge in [-0.3, -0.25) is 19.2 Å². The second kappa shape index (κ2) is 11.8. The van der Waals surface area contributed by atoms with E-state index in [1.54, 1.807) is 13.8 Å². The summed E-state index contributed by atoms with van der Waals surface area (Å²) in [4.78, 5) is 57.6. The van der Waals surface area contributed by atoms with Crippen molar-refractivity contribution in [2.75, 3.05) is 13.2 Å². The predicted octanol–water partition coefficient (Wildman–Crippen LogP) is -3.00. The van der Waals surface area contributed by atoms with Gasteiger partial charge in [0.05, 0.1) is 19.6 Å². The maximum absolute atomic E-state index is 12.3. The fourth-order valence-corrected chi connectivity index (χ4v) is 2.07. The molecular formula is C15H26N4O8. The molecule has 0 fully saturated rings. The molecule has 0 aromatic rings. The summed E-state index contributed by atoms with van der Waals surface area (Å²) in [6.07, 6.45) is -0.727. The fourth-order valence-electron chi connectivity index (χ4n) is 2.07. The largest absolute Gasteiger partial charge is 0.481 e. The van der Waals surface area contributed by atoms with Crippen LogP contribution in [0.3, 0.4) is 0 Å². The fraction of sp³-hybridized carbons (Fsp3) is 0.667. The molecule has 0 bridgehead atoms. The lowest BCUT2D eigenvalue weighted by molar-refractivity contribution is -0.147. The number of nitrogens with two attached hydrogens (primary N) is 1. The third-order valence-corrected chi connectivity index (χ3v) is 3.35. The molecule has 0 aromatic heterocycles. The van der Waals surface area contributed by atoms with Crippen molar-refractivity contribution in [3.05, 3.63) is 0 Å². The van der Waals surface area contributed by atoms with E-state index in [0.717, 1.165) is 0 Å². The number of carboxylic acid groups (broad SMARTS) is 2. The number of aliphatic hydroxyl groups is 1. The van der Waals surface area contributed by atoms with Gasteiger partial charge < -0.3 is 37.0 Å². The summed E-state index contributed by atoms with van der Waals surface area (Å²) in [6, 6.07) is -4.22. The molecule has 0 aromatic carbocycles. The molecule has 12 nitrogen and oxygen atoms in total. The highest BCUT2D eigenvalue weighted by molar-refractivity contribution is 5.94. The molecule has 3 unspecified atom stereocenters. The number of carboxylic acids is 2. The van der Waals surface area contributed by atoms with Crippen molar-refractivity contribution in [3.8, 4) is 0 Å². The second-order valence-corrected chi connectivity index (χ2v) is 6.19. The molecule has 0 heterocycles. The van der Waals surface area contributed by atoms with Crippen molar-refractivity contribution in [2.24, 2.45) is 11.7 Å². The maximum Gasteiger partial charge on any atom is 0.326 e. The monoisotopic (exact) mass is 390 g/mol. The molecule has 3 amide bonds. The lowest BCUT2D eigenvalue weighted by Gasteiger charge is -2.24. The summed E-state index contributed by atoms with van der Waals surface area (Å²) in [6.45, 7) is 2.34. The second-order valence-electron chi connectivity index (χ2n) is 6.19. The van der Waals surface area contributed by atoms with Crippen LogP contribution in [0.2, 0.25) is 0 Å². The molecule has 0 radical (unpaired) electrons. The Hall–Kier alpha value is -2.73. The van der Waals surface area contributed by atoms with Gasteiger partial charge >= 0.3 is 11.9 Å². The summed E-state index contributed by atoms with van der Waals surface area (Å²) in [5.41, 5.74) is 5.12. The molecular weight excluding hydrogens is 364 g/mol. The van der Waals surface area contributed by atoms with Gasteiger partial charge in [0.1, 0.15) is 18.1 Å². The number of rotatable bonds is 12. The minimum absolute atomic E-state index is 0.0880. The van der Waals surface area contributed by atoms with Crippen LogP contribution in [-0.2, 0) is 24.0 Å². The summed E-state index contributed by atoms with van der Waals surface area (Å²) >= 11 is 0. The number of carbonyl (C=O) groups is 5. The minimum Gasteiger partial charge on any atom is -0.481 e. The van der Waals surface area contributed by atoms with E-state index in [2.05, 4.69) is 16.0 Å². The lowest BCUT2D eigenvalue weighted by Crippen LogP contribution is -2.57. The highest BCUT2D eigenvalue weighted by Gasteiger charge is 2.30. The van der Waals surface area contributed by atoms with Crippen LogP contribution in [-0.4, -0.2) is 76.3 Å². The van der Waals surface area contributed by atoms with Gasteiger partial charge in [0, 0.05) is 0 Å². The van der Waals surface area contributed by atoms with Crippen LogP contribution in [0, 0.1) is 5.92 Å². The molecule has 0 aliphatic carbocycles. The van der Waals surface area contributed by atoms with Crippen molar-refractivity contribution in [2.45, 2.75) is 44.8 Å². The molecule has 27 heavy (non-hydrogen) atoms. The van der Waals surface area contributed by atoms with Crippen LogP contribution in [0.4, 0.5) is 0 Å². The zero-order valence-corrected chi connectivity index (χ0v) is 15.1. The van der Waals surface area contributed by atoms with E-state index < -0.39 is 67.4 Å². The SMILES string of the molecule is CC(C)CC(NC(=O)C(CO)NC(=O)CN)C(=O)NC(CC(=O)O)C(=O)O. The highest BCUT2D eigenvalue weighted by Crippen LogP contribution is 2.07. The number of aliphatic carboxylic acids is 2. The quantitative estimate of drug-likeness (QED) is 0.181. The molecule has 0 aliphatic rings. The van der Waals surface area contributed by atoms with Gasteiger partial charge in [-0.2, -0.15) is 0 Å². The van der Waals surface area contributed by atoms with Crippen molar-refractivity contribution in [1.29, 1.82) is 0 Å². The Labute approximate surface area is 155 Å². The summed E-state index contributed by atoms with van der Waals surface area (Å²) in [5, 5.41) is 33.5. The molecule has 0 saturated heterocycles. The smallest absolute Gasteiger partial charge is 0.326 e. The summed E-state index contributed by atoms with van der Waals surface area (Å²) in [5.74, 6) is -5.50. The molecule has 12 heteroatoms. The minimum atomic E-state index is -1.67. The Balaban J connectivity index is 5.21. The first-order valence-electron chi connectivity index (χ1n) is 8.17. The van der Waals surface area contributed by atoms with Crippen LogP contribution in [0.15, 0.2) is 0 Å². The van der Waals surface area contributed by atoms with Gasteiger partial charge in [-0.05, 0) is 12.3 Å². The van der Waals surface area contributed by atoms with E-state index in [1.807, 2.05) is 0 Å². The van der Waals surface area contributed by atoms with Crippen molar-refractivity contribution in [3.63, 3.8) is 0 Å². The van der Waals surface area contributed by atoms with Crippen LogP contribution in [0.25, 0.3) is 0 Å². The van der Waals surface area contributed by atoms with Gasteiger partial charge in [-0.1, -0.05) is 13.8 Å². The number of nitrogens with one attached hydrogen (secondary N) is 3. The van der Waals surface area contributed by atoms with Gasteiger partial charge in [-0.15, -0.1) is 0 Å². The molecule has 3 atom stereocenters. The number of carbonyl (C=O) groups excluding carboxylic acids is 3. The standard InChI is InChI=1S/C15H26N4O8/c1-7(2)3-8(13(24)19-9(15(26)27)4-12(22)23)18-14(25)10(6-20)17-11(21)5-16/h7-10,20H,3-6,16H2,1-2H3,(H,17,21)(H,18,25)(H,19,24)(H,22,23)(H,26,27). The van der Waals surface area contributed by atoms with Gasteiger partial charge in [0.25, 0.3) is 0 Å². The van der Waals surface area contributed by atoms with Gasteiger partial charge in [-0.25, -0.2) is 4.79 Å². The van der Waals surface area contributed by atoms with Crippen LogP contribution < -0.4 is 21.7 Å². The first-order chi connectivity index (χ1) is 12.5. The Morgan fingerprint density at radius 3 is 1.81 bits per heavy atom. The average Bonchev–Trinajstić information content (AvgIpc) is 2.56. The molecule has 0 rings (SSSR count). The molecule has 0 saturated carbocycles. The number of amides is 3. The van der Waals surface area contributed by atoms with E-state index in [1.165, 1.54) is 0 Å². The number of hydrogen-bond donors (Lipinski definition) is 7. The third-order valence-electron chi connectivity index (χ3n) is 3.35. The highest BCUT2D eigenvalue weighted by atomic mass is 16.4. The molecule has 0 aliphatic heterocycles. The lowest BCUT2D eigenvalue weighted by atomic mass is 10.0. The molecule has 154 valence electrons. The Kier molecular flexibility index (Phi) is 10.6. The van der Waals surface area contributed by atoms with Crippen molar-refractivity contribution in [1.82, 2.24) is 16.0 Å². The van der Waals surface area contributed by atoms with E-state index in [4.69, 9.17) is 15.9 Å². The first kappa shape index (κ1) is 24.3. The zero-order chi connectivity index (χ0) is 21.1. The summed E-state index contributed by atoms with van der Waals surface area (Å²) < 4.78 is 0. The average molecular weight is 390 g/mol. The van der Waals surface area contributed by atoms with Crippen molar-refractivity contribution < 1.29 is 39.3 Å². The van der Waals surface area contributed by atoms with Crippen LogP contribution in [0.5, 0.6) is 0 Å². The normalized spacial score (nSPS) is 14.0. The Bertz CT molecular complexity index is 566. The first-order valence-corrected chi connectivity index (χ1v) is 8.17. The predicted molar refractivity (Wildman–Crippen MR) is 91.3 cm³/mol. The van der Waals surface area contributed by atoms with E-state index >= 15 is 0 Å². The van der Waals surface area contributed by atoms with E-state index in [-0.39, 0.29) is 12.3 Å².